The average molecular weight is 292 g/mol. The molecule has 0 amide bonds. The van der Waals surface area contributed by atoms with E-state index in [1.165, 1.54) is 0 Å². The lowest BCUT2D eigenvalue weighted by Gasteiger charge is -2.10. The molecule has 0 aliphatic heterocycles. The summed E-state index contributed by atoms with van der Waals surface area (Å²) in [7, 11) is -3.10. The predicted molar refractivity (Wildman–Crippen MR) is 80.2 cm³/mol. The van der Waals surface area contributed by atoms with E-state index in [1.54, 1.807) is 6.20 Å². The fraction of sp³-hybridized carbons (Fsp3) is 0.400. The number of hydrogen-bond donors (Lipinski definition) is 0. The summed E-state index contributed by atoms with van der Waals surface area (Å²) in [6.07, 6.45) is 3.56. The normalized spacial score (nSPS) is 11.9. The molecule has 0 spiro atoms. The van der Waals surface area contributed by atoms with Gasteiger partial charge in [-0.05, 0) is 5.56 Å². The third-order valence-electron chi connectivity index (χ3n) is 3.14. The number of aromatic nitrogens is 2. The van der Waals surface area contributed by atoms with Crippen molar-refractivity contribution in [1.82, 2.24) is 9.55 Å². The van der Waals surface area contributed by atoms with Gasteiger partial charge in [0.15, 0.2) is 9.84 Å². The van der Waals surface area contributed by atoms with E-state index in [0.29, 0.717) is 12.5 Å². The van der Waals surface area contributed by atoms with Gasteiger partial charge in [-0.2, -0.15) is 0 Å². The van der Waals surface area contributed by atoms with Crippen molar-refractivity contribution in [2.45, 2.75) is 32.1 Å². The lowest BCUT2D eigenvalue weighted by atomic mass is 10.2. The van der Waals surface area contributed by atoms with Gasteiger partial charge in [0, 0.05) is 24.9 Å². The molecule has 2 aromatic rings. The van der Waals surface area contributed by atoms with Crippen LogP contribution in [-0.4, -0.2) is 23.7 Å². The number of benzene rings is 1. The molecule has 5 heteroatoms. The van der Waals surface area contributed by atoms with E-state index in [-0.39, 0.29) is 11.5 Å². The first-order valence-electron chi connectivity index (χ1n) is 6.73. The summed E-state index contributed by atoms with van der Waals surface area (Å²) in [6, 6.07) is 9.29. The smallest absolute Gasteiger partial charge is 0.156 e. The van der Waals surface area contributed by atoms with Crippen LogP contribution in [0.25, 0.3) is 0 Å². The molecule has 1 aromatic carbocycles. The van der Waals surface area contributed by atoms with Crippen molar-refractivity contribution in [3.8, 4) is 0 Å². The van der Waals surface area contributed by atoms with Gasteiger partial charge in [0.2, 0.25) is 0 Å². The van der Waals surface area contributed by atoms with Crippen molar-refractivity contribution < 1.29 is 8.42 Å². The van der Waals surface area contributed by atoms with Gasteiger partial charge in [-0.15, -0.1) is 0 Å². The largest absolute Gasteiger partial charge is 0.334 e. The van der Waals surface area contributed by atoms with Crippen molar-refractivity contribution >= 4 is 9.84 Å². The van der Waals surface area contributed by atoms with Crippen molar-refractivity contribution in [2.24, 2.45) is 0 Å². The second-order valence-electron chi connectivity index (χ2n) is 5.21. The van der Waals surface area contributed by atoms with Crippen LogP contribution in [0.1, 0.15) is 31.2 Å². The summed E-state index contributed by atoms with van der Waals surface area (Å²) >= 11 is 0. The van der Waals surface area contributed by atoms with E-state index in [9.17, 15) is 8.42 Å². The maximum atomic E-state index is 12.1. The minimum atomic E-state index is -3.10. The van der Waals surface area contributed by atoms with Gasteiger partial charge in [-0.25, -0.2) is 13.4 Å². The topological polar surface area (TPSA) is 52.0 Å². The van der Waals surface area contributed by atoms with Crippen molar-refractivity contribution in [3.63, 3.8) is 0 Å². The third-order valence-corrected chi connectivity index (χ3v) is 4.71. The molecule has 0 radical (unpaired) electrons. The van der Waals surface area contributed by atoms with Crippen LogP contribution < -0.4 is 0 Å². The number of hydrogen-bond acceptors (Lipinski definition) is 3. The highest BCUT2D eigenvalue weighted by atomic mass is 32.2. The molecule has 0 atom stereocenters. The molecule has 1 heterocycles. The molecule has 20 heavy (non-hydrogen) atoms. The first-order chi connectivity index (χ1) is 9.48. The summed E-state index contributed by atoms with van der Waals surface area (Å²) in [5.41, 5.74) is 0.835. The van der Waals surface area contributed by atoms with Crippen LogP contribution in [0.3, 0.4) is 0 Å². The molecule has 108 valence electrons. The van der Waals surface area contributed by atoms with Crippen LogP contribution in [0.2, 0.25) is 0 Å². The summed E-state index contributed by atoms with van der Waals surface area (Å²) in [5, 5.41) is 0. The molecule has 0 bridgehead atoms. The minimum Gasteiger partial charge on any atom is -0.334 e. The van der Waals surface area contributed by atoms with E-state index < -0.39 is 9.84 Å². The van der Waals surface area contributed by atoms with Crippen molar-refractivity contribution in [1.29, 1.82) is 0 Å². The van der Waals surface area contributed by atoms with Gasteiger partial charge in [0.1, 0.15) is 5.82 Å². The highest BCUT2D eigenvalue weighted by molar-refractivity contribution is 7.90. The second kappa shape index (κ2) is 6.22. The molecule has 0 unspecified atom stereocenters. The molecule has 0 aliphatic rings. The molecular weight excluding hydrogens is 272 g/mol. The average Bonchev–Trinajstić information content (AvgIpc) is 2.86. The Kier molecular flexibility index (Phi) is 4.60. The fourth-order valence-corrected chi connectivity index (χ4v) is 3.47. The molecule has 1 aromatic heterocycles. The van der Waals surface area contributed by atoms with E-state index in [0.717, 1.165) is 11.4 Å². The number of sulfone groups is 1. The van der Waals surface area contributed by atoms with Gasteiger partial charge in [-0.1, -0.05) is 44.2 Å². The molecular formula is C15H20N2O2S. The maximum Gasteiger partial charge on any atom is 0.156 e. The zero-order chi connectivity index (χ0) is 14.6. The van der Waals surface area contributed by atoms with Crippen molar-refractivity contribution in [2.75, 3.05) is 5.75 Å². The lowest BCUT2D eigenvalue weighted by Crippen LogP contribution is -2.16. The zero-order valence-electron chi connectivity index (χ0n) is 11.9. The first kappa shape index (κ1) is 14.8. The van der Waals surface area contributed by atoms with Crippen LogP contribution in [0.4, 0.5) is 0 Å². The van der Waals surface area contributed by atoms with Crippen LogP contribution >= 0.6 is 0 Å². The zero-order valence-corrected chi connectivity index (χ0v) is 12.7. The van der Waals surface area contributed by atoms with Gasteiger partial charge < -0.3 is 4.57 Å². The first-order valence-corrected chi connectivity index (χ1v) is 8.55. The maximum absolute atomic E-state index is 12.1. The monoisotopic (exact) mass is 292 g/mol. The van der Waals surface area contributed by atoms with Crippen LogP contribution in [0.15, 0.2) is 42.7 Å². The highest BCUT2D eigenvalue weighted by Crippen LogP contribution is 2.13. The van der Waals surface area contributed by atoms with E-state index >= 15 is 0 Å². The number of imidazole rings is 1. The SMILES string of the molecule is CC(C)c1nccn1CCS(=O)(=O)Cc1ccccc1. The van der Waals surface area contributed by atoms with E-state index in [2.05, 4.69) is 18.8 Å². The molecule has 4 nitrogen and oxygen atoms in total. The van der Waals surface area contributed by atoms with Gasteiger partial charge in [0.25, 0.3) is 0 Å². The Balaban J connectivity index is 2.01. The summed E-state index contributed by atoms with van der Waals surface area (Å²) < 4.78 is 26.2. The molecule has 0 fully saturated rings. The predicted octanol–water partition coefficient (Wildman–Crippen LogP) is 2.62. The Hall–Kier alpha value is -1.62. The van der Waals surface area contributed by atoms with Crippen LogP contribution in [0, 0.1) is 0 Å². The Morgan fingerprint density at radius 1 is 1.20 bits per heavy atom. The van der Waals surface area contributed by atoms with Gasteiger partial charge in [-0.3, -0.25) is 0 Å². The Labute approximate surface area is 120 Å². The van der Waals surface area contributed by atoms with Gasteiger partial charge in [0.05, 0.1) is 11.5 Å². The summed E-state index contributed by atoms with van der Waals surface area (Å²) in [4.78, 5) is 4.27. The standard InChI is InChI=1S/C15H20N2O2S/c1-13(2)15-16-8-9-17(15)10-11-20(18,19)12-14-6-4-3-5-7-14/h3-9,13H,10-12H2,1-2H3. The Bertz CT molecular complexity index is 646. The van der Waals surface area contributed by atoms with E-state index in [1.807, 2.05) is 41.1 Å². The number of aryl methyl sites for hydroxylation is 1. The van der Waals surface area contributed by atoms with Crippen LogP contribution in [-0.2, 0) is 22.1 Å². The molecule has 0 saturated carbocycles. The van der Waals surface area contributed by atoms with Gasteiger partial charge >= 0.3 is 0 Å². The quantitative estimate of drug-likeness (QED) is 0.822. The molecule has 2 rings (SSSR count). The Morgan fingerprint density at radius 2 is 1.90 bits per heavy atom. The summed E-state index contributed by atoms with van der Waals surface area (Å²) in [5.74, 6) is 1.46. The van der Waals surface area contributed by atoms with Crippen molar-refractivity contribution in [3.05, 3.63) is 54.1 Å². The fourth-order valence-electron chi connectivity index (χ4n) is 2.15. The molecule has 0 aliphatic carbocycles. The lowest BCUT2D eigenvalue weighted by molar-refractivity contribution is 0.582. The Morgan fingerprint density at radius 3 is 2.55 bits per heavy atom. The van der Waals surface area contributed by atoms with Crippen LogP contribution in [0.5, 0.6) is 0 Å². The molecule has 0 N–H and O–H groups in total. The number of nitrogens with zero attached hydrogens (tertiary/aromatic N) is 2. The minimum absolute atomic E-state index is 0.0968. The number of rotatable bonds is 6. The third kappa shape index (κ3) is 3.93. The second-order valence-corrected chi connectivity index (χ2v) is 7.40. The van der Waals surface area contributed by atoms with E-state index in [4.69, 9.17) is 0 Å². The highest BCUT2D eigenvalue weighted by Gasteiger charge is 2.14. The molecule has 0 saturated heterocycles. The summed E-state index contributed by atoms with van der Waals surface area (Å²) in [6.45, 7) is 4.57.